The lowest BCUT2D eigenvalue weighted by Gasteiger charge is -2.46. The largest absolute Gasteiger partial charge is 0.311 e. The van der Waals surface area contributed by atoms with Crippen molar-refractivity contribution in [2.24, 2.45) is 0 Å². The summed E-state index contributed by atoms with van der Waals surface area (Å²) < 4.78 is 13.2. The summed E-state index contributed by atoms with van der Waals surface area (Å²) in [5.41, 5.74) is 2.42. The fourth-order valence-electron chi connectivity index (χ4n) is 2.95. The fraction of sp³-hybridized carbons (Fsp3) is 0.647. The molecule has 1 aromatic rings. The van der Waals surface area contributed by atoms with Crippen LogP contribution >= 0.6 is 0 Å². The SMILES string of the molecule is CCCC1CN(Cc2ccc(F)cc2C)C(C)(C)CN1. The molecule has 1 saturated heterocycles. The Morgan fingerprint density at radius 3 is 2.80 bits per heavy atom. The lowest BCUT2D eigenvalue weighted by Crippen LogP contribution is -2.61. The zero-order valence-electron chi connectivity index (χ0n) is 13.2. The van der Waals surface area contributed by atoms with Crippen LogP contribution in [0.4, 0.5) is 4.39 Å². The quantitative estimate of drug-likeness (QED) is 0.907. The van der Waals surface area contributed by atoms with Crippen LogP contribution in [0.25, 0.3) is 0 Å². The van der Waals surface area contributed by atoms with Crippen LogP contribution in [0.1, 0.15) is 44.7 Å². The van der Waals surface area contributed by atoms with Gasteiger partial charge in [0.05, 0.1) is 0 Å². The maximum Gasteiger partial charge on any atom is 0.123 e. The van der Waals surface area contributed by atoms with Crippen molar-refractivity contribution in [1.82, 2.24) is 10.2 Å². The Balaban J connectivity index is 2.11. The molecule has 1 aliphatic rings. The number of benzene rings is 1. The van der Waals surface area contributed by atoms with Gasteiger partial charge in [-0.3, -0.25) is 4.90 Å². The molecule has 2 rings (SSSR count). The summed E-state index contributed by atoms with van der Waals surface area (Å²) in [5, 5.41) is 3.65. The third-order valence-corrected chi connectivity index (χ3v) is 4.42. The van der Waals surface area contributed by atoms with Gasteiger partial charge in [-0.2, -0.15) is 0 Å². The second-order valence-corrected chi connectivity index (χ2v) is 6.63. The van der Waals surface area contributed by atoms with Crippen molar-refractivity contribution < 1.29 is 4.39 Å². The molecule has 1 N–H and O–H groups in total. The Morgan fingerprint density at radius 2 is 2.15 bits per heavy atom. The van der Waals surface area contributed by atoms with Gasteiger partial charge in [0.25, 0.3) is 0 Å². The summed E-state index contributed by atoms with van der Waals surface area (Å²) in [6.45, 7) is 11.8. The molecule has 1 atom stereocenters. The van der Waals surface area contributed by atoms with E-state index in [1.54, 1.807) is 12.1 Å². The molecule has 0 saturated carbocycles. The Bertz CT molecular complexity index is 456. The number of rotatable bonds is 4. The zero-order chi connectivity index (χ0) is 14.8. The summed E-state index contributed by atoms with van der Waals surface area (Å²) in [4.78, 5) is 2.53. The molecule has 0 radical (unpaired) electrons. The lowest BCUT2D eigenvalue weighted by molar-refractivity contribution is 0.0562. The number of nitrogens with zero attached hydrogens (tertiary/aromatic N) is 1. The van der Waals surface area contributed by atoms with Crippen molar-refractivity contribution in [3.8, 4) is 0 Å². The van der Waals surface area contributed by atoms with Crippen molar-refractivity contribution in [3.63, 3.8) is 0 Å². The molecule has 3 heteroatoms. The van der Waals surface area contributed by atoms with Gasteiger partial charge >= 0.3 is 0 Å². The predicted octanol–water partition coefficient (Wildman–Crippen LogP) is 3.49. The molecule has 1 aliphatic heterocycles. The third-order valence-electron chi connectivity index (χ3n) is 4.42. The van der Waals surface area contributed by atoms with E-state index in [4.69, 9.17) is 0 Å². The first-order chi connectivity index (χ1) is 9.42. The molecular formula is C17H27FN2. The molecule has 0 amide bonds. The van der Waals surface area contributed by atoms with Crippen LogP contribution in [0.3, 0.4) is 0 Å². The van der Waals surface area contributed by atoms with Gasteiger partial charge in [0.2, 0.25) is 0 Å². The normalized spacial score (nSPS) is 22.9. The highest BCUT2D eigenvalue weighted by Gasteiger charge is 2.33. The monoisotopic (exact) mass is 278 g/mol. The fourth-order valence-corrected chi connectivity index (χ4v) is 2.95. The van der Waals surface area contributed by atoms with E-state index in [0.29, 0.717) is 6.04 Å². The molecule has 1 unspecified atom stereocenters. The van der Waals surface area contributed by atoms with Gasteiger partial charge in [-0.1, -0.05) is 19.4 Å². The number of piperazine rings is 1. The second-order valence-electron chi connectivity index (χ2n) is 6.63. The van der Waals surface area contributed by atoms with E-state index in [1.807, 2.05) is 13.0 Å². The van der Waals surface area contributed by atoms with E-state index < -0.39 is 0 Å². The molecular weight excluding hydrogens is 251 g/mol. The van der Waals surface area contributed by atoms with Crippen molar-refractivity contribution in [1.29, 1.82) is 0 Å². The molecule has 0 spiro atoms. The first-order valence-electron chi connectivity index (χ1n) is 7.66. The minimum Gasteiger partial charge on any atom is -0.311 e. The smallest absolute Gasteiger partial charge is 0.123 e. The Hall–Kier alpha value is -0.930. The minimum absolute atomic E-state index is 0.144. The van der Waals surface area contributed by atoms with Gasteiger partial charge < -0.3 is 5.32 Å². The Morgan fingerprint density at radius 1 is 1.40 bits per heavy atom. The number of hydrogen-bond acceptors (Lipinski definition) is 2. The Labute approximate surface area is 122 Å². The summed E-state index contributed by atoms with van der Waals surface area (Å²) in [7, 11) is 0. The number of hydrogen-bond donors (Lipinski definition) is 1. The standard InChI is InChI=1S/C17H27FN2/c1-5-6-16-11-20(17(3,4)12-19-16)10-14-7-8-15(18)9-13(14)2/h7-9,16,19H,5-6,10-12H2,1-4H3. The third kappa shape index (κ3) is 3.58. The highest BCUT2D eigenvalue weighted by Crippen LogP contribution is 2.24. The van der Waals surface area contributed by atoms with Crippen LogP contribution in [0.5, 0.6) is 0 Å². The van der Waals surface area contributed by atoms with Crippen molar-refractivity contribution in [2.75, 3.05) is 13.1 Å². The number of aryl methyl sites for hydroxylation is 1. The van der Waals surface area contributed by atoms with E-state index >= 15 is 0 Å². The van der Waals surface area contributed by atoms with Gasteiger partial charge in [0.1, 0.15) is 5.82 Å². The van der Waals surface area contributed by atoms with Crippen molar-refractivity contribution in [2.45, 2.75) is 58.7 Å². The van der Waals surface area contributed by atoms with E-state index in [-0.39, 0.29) is 11.4 Å². The molecule has 1 heterocycles. The highest BCUT2D eigenvalue weighted by molar-refractivity contribution is 5.26. The minimum atomic E-state index is -0.144. The molecule has 0 aliphatic carbocycles. The van der Waals surface area contributed by atoms with Crippen LogP contribution in [0.15, 0.2) is 18.2 Å². The van der Waals surface area contributed by atoms with Crippen LogP contribution in [-0.4, -0.2) is 29.6 Å². The van der Waals surface area contributed by atoms with Gasteiger partial charge in [-0.25, -0.2) is 4.39 Å². The van der Waals surface area contributed by atoms with E-state index in [2.05, 4.69) is 31.0 Å². The summed E-state index contributed by atoms with van der Waals surface area (Å²) in [5.74, 6) is -0.144. The topological polar surface area (TPSA) is 15.3 Å². The molecule has 0 bridgehead atoms. The number of nitrogens with one attached hydrogen (secondary N) is 1. The maximum absolute atomic E-state index is 13.2. The average molecular weight is 278 g/mol. The van der Waals surface area contributed by atoms with Crippen LogP contribution < -0.4 is 5.32 Å². The molecule has 1 aromatic carbocycles. The highest BCUT2D eigenvalue weighted by atomic mass is 19.1. The first-order valence-corrected chi connectivity index (χ1v) is 7.66. The zero-order valence-corrected chi connectivity index (χ0v) is 13.2. The predicted molar refractivity (Wildman–Crippen MR) is 82.3 cm³/mol. The average Bonchev–Trinajstić information content (AvgIpc) is 2.37. The molecule has 112 valence electrons. The molecule has 1 fully saturated rings. The van der Waals surface area contributed by atoms with Crippen LogP contribution in [0.2, 0.25) is 0 Å². The van der Waals surface area contributed by atoms with Gasteiger partial charge in [-0.15, -0.1) is 0 Å². The summed E-state index contributed by atoms with van der Waals surface area (Å²) in [6.07, 6.45) is 2.43. The van der Waals surface area contributed by atoms with Gasteiger partial charge in [0, 0.05) is 31.2 Å². The van der Waals surface area contributed by atoms with E-state index in [9.17, 15) is 4.39 Å². The van der Waals surface area contributed by atoms with Crippen LogP contribution in [0, 0.1) is 12.7 Å². The van der Waals surface area contributed by atoms with Gasteiger partial charge in [0.15, 0.2) is 0 Å². The van der Waals surface area contributed by atoms with Crippen molar-refractivity contribution >= 4 is 0 Å². The lowest BCUT2D eigenvalue weighted by atomic mass is 9.94. The number of halogens is 1. The second kappa shape index (κ2) is 6.23. The molecule has 20 heavy (non-hydrogen) atoms. The van der Waals surface area contributed by atoms with E-state index in [1.165, 1.54) is 18.4 Å². The maximum atomic E-state index is 13.2. The van der Waals surface area contributed by atoms with Gasteiger partial charge in [-0.05, 0) is 50.5 Å². The Kier molecular flexibility index (Phi) is 4.82. The summed E-state index contributed by atoms with van der Waals surface area (Å²) in [6, 6.07) is 5.71. The molecule has 0 aromatic heterocycles. The first kappa shape index (κ1) is 15.5. The van der Waals surface area contributed by atoms with E-state index in [0.717, 1.165) is 25.2 Å². The van der Waals surface area contributed by atoms with Crippen molar-refractivity contribution in [3.05, 3.63) is 35.1 Å². The molecule has 2 nitrogen and oxygen atoms in total. The summed E-state index contributed by atoms with van der Waals surface area (Å²) >= 11 is 0. The van der Waals surface area contributed by atoms with Crippen LogP contribution in [-0.2, 0) is 6.54 Å².